The molecule has 2 N–H and O–H groups in total. The first-order valence-electron chi connectivity index (χ1n) is 10.3. The lowest BCUT2D eigenvalue weighted by Gasteiger charge is -2.19. The third-order valence-corrected chi connectivity index (χ3v) is 6.39. The highest BCUT2D eigenvalue weighted by Crippen LogP contribution is 2.32. The fourth-order valence-electron chi connectivity index (χ4n) is 3.26. The van der Waals surface area contributed by atoms with Gasteiger partial charge in [0.15, 0.2) is 11.5 Å². The normalized spacial score (nSPS) is 12.8. The molecule has 3 aromatic carbocycles. The summed E-state index contributed by atoms with van der Waals surface area (Å²) < 4.78 is 38.8. The third-order valence-electron chi connectivity index (χ3n) is 5.01. The molecule has 32 heavy (non-hydrogen) atoms. The molecule has 0 aromatic heterocycles. The van der Waals surface area contributed by atoms with Gasteiger partial charge in [-0.2, -0.15) is 0 Å². The van der Waals surface area contributed by atoms with Gasteiger partial charge in [0, 0.05) is 23.9 Å². The van der Waals surface area contributed by atoms with Gasteiger partial charge in [0.2, 0.25) is 5.91 Å². The number of hydrogen-bond acceptors (Lipinski definition) is 5. The Morgan fingerprint density at radius 2 is 1.53 bits per heavy atom. The van der Waals surface area contributed by atoms with Gasteiger partial charge < -0.3 is 14.8 Å². The molecule has 3 aromatic rings. The second kappa shape index (κ2) is 9.32. The van der Waals surface area contributed by atoms with Crippen molar-refractivity contribution in [3.05, 3.63) is 77.9 Å². The summed E-state index contributed by atoms with van der Waals surface area (Å²) in [7, 11) is -3.80. The van der Waals surface area contributed by atoms with Crippen molar-refractivity contribution in [1.29, 1.82) is 0 Å². The zero-order chi connectivity index (χ0) is 22.6. The number of anilines is 2. The molecule has 0 saturated heterocycles. The van der Waals surface area contributed by atoms with Crippen LogP contribution < -0.4 is 19.5 Å². The zero-order valence-corrected chi connectivity index (χ0v) is 18.4. The number of carbonyl (C=O) groups is 1. The van der Waals surface area contributed by atoms with E-state index in [1.165, 1.54) is 17.7 Å². The molecule has 1 amide bonds. The molecule has 0 spiro atoms. The largest absolute Gasteiger partial charge is 0.486 e. The average molecular weight is 453 g/mol. The molecule has 0 saturated carbocycles. The first-order valence-corrected chi connectivity index (χ1v) is 11.8. The zero-order valence-electron chi connectivity index (χ0n) is 17.6. The molecule has 0 radical (unpaired) electrons. The van der Waals surface area contributed by atoms with Crippen molar-refractivity contribution in [2.24, 2.45) is 0 Å². The molecular formula is C24H24N2O5S. The van der Waals surface area contributed by atoms with E-state index in [-0.39, 0.29) is 10.8 Å². The lowest BCUT2D eigenvalue weighted by Crippen LogP contribution is -2.17. The van der Waals surface area contributed by atoms with E-state index in [1.54, 1.807) is 30.3 Å². The van der Waals surface area contributed by atoms with Gasteiger partial charge in [0.25, 0.3) is 10.0 Å². The molecule has 0 aliphatic carbocycles. The summed E-state index contributed by atoms with van der Waals surface area (Å²) >= 11 is 0. The molecule has 1 heterocycles. The van der Waals surface area contributed by atoms with Gasteiger partial charge in [0.05, 0.1) is 4.90 Å². The smallest absolute Gasteiger partial charge is 0.262 e. The standard InChI is InChI=1S/C24H24N2O5S/c1-17-2-4-18(5-3-17)6-13-24(27)25-19-7-9-20(10-8-19)26-32(28,29)21-11-12-22-23(16-21)31-15-14-30-22/h2-5,7-12,16,26H,6,13-15H2,1H3,(H,25,27). The topological polar surface area (TPSA) is 93.7 Å². The number of carbonyl (C=O) groups excluding carboxylic acids is 1. The first-order chi connectivity index (χ1) is 15.4. The molecule has 8 heteroatoms. The number of hydrogen-bond donors (Lipinski definition) is 2. The minimum absolute atomic E-state index is 0.0789. The van der Waals surface area contributed by atoms with Crippen LogP contribution in [0.25, 0.3) is 0 Å². The second-order valence-electron chi connectivity index (χ2n) is 7.52. The molecule has 4 rings (SSSR count). The highest BCUT2D eigenvalue weighted by Gasteiger charge is 2.19. The average Bonchev–Trinajstić information content (AvgIpc) is 2.79. The highest BCUT2D eigenvalue weighted by molar-refractivity contribution is 7.92. The Kier molecular flexibility index (Phi) is 6.32. The first kappa shape index (κ1) is 21.7. The van der Waals surface area contributed by atoms with E-state index in [1.807, 2.05) is 31.2 Å². The van der Waals surface area contributed by atoms with Crippen LogP contribution in [0.2, 0.25) is 0 Å². The van der Waals surface area contributed by atoms with Crippen LogP contribution in [-0.2, 0) is 21.2 Å². The molecular weight excluding hydrogens is 428 g/mol. The van der Waals surface area contributed by atoms with E-state index in [2.05, 4.69) is 10.0 Å². The Hall–Kier alpha value is -3.52. The molecule has 7 nitrogen and oxygen atoms in total. The Morgan fingerprint density at radius 3 is 2.25 bits per heavy atom. The number of nitrogens with one attached hydrogen (secondary N) is 2. The summed E-state index contributed by atoms with van der Waals surface area (Å²) in [5, 5.41) is 2.83. The SMILES string of the molecule is Cc1ccc(CCC(=O)Nc2ccc(NS(=O)(=O)c3ccc4c(c3)OCCO4)cc2)cc1. The van der Waals surface area contributed by atoms with Crippen LogP contribution in [0, 0.1) is 6.92 Å². The van der Waals surface area contributed by atoms with E-state index in [4.69, 9.17) is 9.47 Å². The summed E-state index contributed by atoms with van der Waals surface area (Å²) in [5.74, 6) is 0.829. The van der Waals surface area contributed by atoms with Crippen LogP contribution in [-0.4, -0.2) is 27.5 Å². The molecule has 0 unspecified atom stereocenters. The maximum atomic E-state index is 12.7. The number of fused-ring (bicyclic) bond motifs is 1. The van der Waals surface area contributed by atoms with Gasteiger partial charge in [0.1, 0.15) is 13.2 Å². The molecule has 1 aliphatic rings. The maximum Gasteiger partial charge on any atom is 0.262 e. The van der Waals surface area contributed by atoms with Crippen molar-refractivity contribution in [2.45, 2.75) is 24.7 Å². The fraction of sp³-hybridized carbons (Fsp3) is 0.208. The molecule has 0 fully saturated rings. The lowest BCUT2D eigenvalue weighted by atomic mass is 10.1. The van der Waals surface area contributed by atoms with Crippen molar-refractivity contribution in [3.63, 3.8) is 0 Å². The van der Waals surface area contributed by atoms with E-state index < -0.39 is 10.0 Å². The van der Waals surface area contributed by atoms with Gasteiger partial charge in [-0.05, 0) is 55.3 Å². The summed E-state index contributed by atoms with van der Waals surface area (Å²) in [6.45, 7) is 2.84. The number of aryl methyl sites for hydroxylation is 2. The van der Waals surface area contributed by atoms with E-state index in [0.717, 1.165) is 5.56 Å². The quantitative estimate of drug-likeness (QED) is 0.562. The van der Waals surface area contributed by atoms with Crippen LogP contribution in [0.3, 0.4) is 0 Å². The summed E-state index contributed by atoms with van der Waals surface area (Å²) in [4.78, 5) is 12.3. The van der Waals surface area contributed by atoms with Crippen LogP contribution in [0.4, 0.5) is 11.4 Å². The van der Waals surface area contributed by atoms with Crippen molar-refractivity contribution < 1.29 is 22.7 Å². The van der Waals surface area contributed by atoms with Gasteiger partial charge in [-0.15, -0.1) is 0 Å². The van der Waals surface area contributed by atoms with E-state index in [9.17, 15) is 13.2 Å². The van der Waals surface area contributed by atoms with Gasteiger partial charge >= 0.3 is 0 Å². The van der Waals surface area contributed by atoms with Gasteiger partial charge in [-0.3, -0.25) is 9.52 Å². The van der Waals surface area contributed by atoms with Crippen LogP contribution in [0.5, 0.6) is 11.5 Å². The van der Waals surface area contributed by atoms with Crippen molar-refractivity contribution >= 4 is 27.3 Å². The van der Waals surface area contributed by atoms with Gasteiger partial charge in [-0.1, -0.05) is 29.8 Å². The summed E-state index contributed by atoms with van der Waals surface area (Å²) in [5.41, 5.74) is 3.27. The number of ether oxygens (including phenoxy) is 2. The van der Waals surface area contributed by atoms with Crippen molar-refractivity contribution in [2.75, 3.05) is 23.3 Å². The predicted octanol–water partition coefficient (Wildman–Crippen LogP) is 4.14. The van der Waals surface area contributed by atoms with Gasteiger partial charge in [-0.25, -0.2) is 8.42 Å². The third kappa shape index (κ3) is 5.39. The molecule has 0 bridgehead atoms. The Bertz CT molecular complexity index is 1210. The summed E-state index contributed by atoms with van der Waals surface area (Å²) in [6, 6.07) is 19.1. The lowest BCUT2D eigenvalue weighted by molar-refractivity contribution is -0.116. The molecule has 0 atom stereocenters. The number of benzene rings is 3. The number of rotatable bonds is 7. The fourth-order valence-corrected chi connectivity index (χ4v) is 4.34. The Labute approximate surface area is 187 Å². The highest BCUT2D eigenvalue weighted by atomic mass is 32.2. The monoisotopic (exact) mass is 452 g/mol. The summed E-state index contributed by atoms with van der Waals surface area (Å²) in [6.07, 6.45) is 1.01. The minimum atomic E-state index is -3.80. The maximum absolute atomic E-state index is 12.7. The van der Waals surface area contributed by atoms with Crippen molar-refractivity contribution in [1.82, 2.24) is 0 Å². The molecule has 166 valence electrons. The van der Waals surface area contributed by atoms with E-state index >= 15 is 0 Å². The molecule has 1 aliphatic heterocycles. The van der Waals surface area contributed by atoms with Crippen molar-refractivity contribution in [3.8, 4) is 11.5 Å². The number of sulfonamides is 1. The Morgan fingerprint density at radius 1 is 0.875 bits per heavy atom. The predicted molar refractivity (Wildman–Crippen MR) is 123 cm³/mol. The van der Waals surface area contributed by atoms with Crippen LogP contribution >= 0.6 is 0 Å². The van der Waals surface area contributed by atoms with Crippen LogP contribution in [0.15, 0.2) is 71.6 Å². The van der Waals surface area contributed by atoms with Crippen LogP contribution in [0.1, 0.15) is 17.5 Å². The minimum Gasteiger partial charge on any atom is -0.486 e. The number of amides is 1. The van der Waals surface area contributed by atoms with E-state index in [0.29, 0.717) is 48.9 Å². The second-order valence-corrected chi connectivity index (χ2v) is 9.20. The Balaban J connectivity index is 1.34.